The number of alkyl halides is 1. The van der Waals surface area contributed by atoms with E-state index in [4.69, 9.17) is 11.6 Å². The Labute approximate surface area is 89.7 Å². The summed E-state index contributed by atoms with van der Waals surface area (Å²) in [6, 6.07) is 8.67. The van der Waals surface area contributed by atoms with Crippen molar-refractivity contribution in [2.24, 2.45) is 0 Å². The summed E-state index contributed by atoms with van der Waals surface area (Å²) in [6.45, 7) is 2.13. The molecule has 0 fully saturated rings. The van der Waals surface area contributed by atoms with Crippen molar-refractivity contribution in [2.75, 3.05) is 11.6 Å². The SMILES string of the molecule is Cc1cccc(CSCCCCl)c1. The van der Waals surface area contributed by atoms with E-state index in [0.717, 1.165) is 23.8 Å². The lowest BCUT2D eigenvalue weighted by Crippen LogP contribution is -1.85. The molecule has 1 aromatic carbocycles. The molecule has 0 spiro atoms. The summed E-state index contributed by atoms with van der Waals surface area (Å²) in [5.41, 5.74) is 2.76. The van der Waals surface area contributed by atoms with E-state index in [0.29, 0.717) is 0 Å². The van der Waals surface area contributed by atoms with Gasteiger partial charge in [0.2, 0.25) is 0 Å². The zero-order valence-corrected chi connectivity index (χ0v) is 9.50. The van der Waals surface area contributed by atoms with Crippen molar-refractivity contribution in [3.63, 3.8) is 0 Å². The molecular weight excluding hydrogens is 200 g/mol. The molecule has 0 aliphatic carbocycles. The quantitative estimate of drug-likeness (QED) is 0.530. The first-order valence-corrected chi connectivity index (χ1v) is 6.21. The first-order valence-electron chi connectivity index (χ1n) is 4.52. The fourth-order valence-corrected chi connectivity index (χ4v) is 2.35. The highest BCUT2D eigenvalue weighted by molar-refractivity contribution is 7.98. The highest BCUT2D eigenvalue weighted by Crippen LogP contribution is 2.14. The van der Waals surface area contributed by atoms with Crippen LogP contribution in [0.2, 0.25) is 0 Å². The summed E-state index contributed by atoms with van der Waals surface area (Å²) in [5.74, 6) is 3.05. The molecule has 0 nitrogen and oxygen atoms in total. The van der Waals surface area contributed by atoms with E-state index < -0.39 is 0 Å². The molecule has 0 saturated heterocycles. The standard InChI is InChI=1S/C11H15ClS/c1-10-4-2-5-11(8-10)9-13-7-3-6-12/h2,4-5,8H,3,6-7,9H2,1H3. The van der Waals surface area contributed by atoms with Gasteiger partial charge in [-0.2, -0.15) is 11.8 Å². The molecule has 0 atom stereocenters. The highest BCUT2D eigenvalue weighted by Gasteiger charge is 1.93. The van der Waals surface area contributed by atoms with Gasteiger partial charge < -0.3 is 0 Å². The molecular formula is C11H15ClS. The highest BCUT2D eigenvalue weighted by atomic mass is 35.5. The molecule has 0 aliphatic rings. The third-order valence-corrected chi connectivity index (χ3v) is 3.16. The van der Waals surface area contributed by atoms with Crippen LogP contribution in [-0.2, 0) is 5.75 Å². The van der Waals surface area contributed by atoms with Crippen LogP contribution in [0.25, 0.3) is 0 Å². The van der Waals surface area contributed by atoms with Gasteiger partial charge in [-0.3, -0.25) is 0 Å². The minimum Gasteiger partial charge on any atom is -0.157 e. The van der Waals surface area contributed by atoms with Gasteiger partial charge in [0.05, 0.1) is 0 Å². The Kier molecular flexibility index (Phi) is 5.33. The lowest BCUT2D eigenvalue weighted by Gasteiger charge is -2.01. The predicted octanol–water partition coefficient (Wildman–Crippen LogP) is 3.86. The van der Waals surface area contributed by atoms with E-state index in [1.807, 2.05) is 11.8 Å². The maximum Gasteiger partial charge on any atom is 0.0231 e. The van der Waals surface area contributed by atoms with Crippen LogP contribution >= 0.6 is 23.4 Å². The summed E-state index contributed by atoms with van der Waals surface area (Å²) in [5, 5.41) is 0. The van der Waals surface area contributed by atoms with Crippen LogP contribution in [0.15, 0.2) is 24.3 Å². The Hall–Kier alpha value is -0.140. The van der Waals surface area contributed by atoms with Crippen LogP contribution in [0.4, 0.5) is 0 Å². The molecule has 72 valence electrons. The average Bonchev–Trinajstić information content (AvgIpc) is 2.13. The van der Waals surface area contributed by atoms with Gasteiger partial charge in [0.15, 0.2) is 0 Å². The third-order valence-electron chi connectivity index (χ3n) is 1.77. The topological polar surface area (TPSA) is 0 Å². The molecule has 0 aliphatic heterocycles. The van der Waals surface area contributed by atoms with Crippen molar-refractivity contribution in [3.05, 3.63) is 35.4 Å². The number of thioether (sulfide) groups is 1. The zero-order valence-electron chi connectivity index (χ0n) is 7.92. The molecule has 1 aromatic rings. The van der Waals surface area contributed by atoms with Gasteiger partial charge in [-0.25, -0.2) is 0 Å². The Morgan fingerprint density at radius 1 is 1.38 bits per heavy atom. The molecule has 2 heteroatoms. The van der Waals surface area contributed by atoms with E-state index in [9.17, 15) is 0 Å². The van der Waals surface area contributed by atoms with Crippen molar-refractivity contribution < 1.29 is 0 Å². The smallest absolute Gasteiger partial charge is 0.0231 e. The summed E-state index contributed by atoms with van der Waals surface area (Å²) in [7, 11) is 0. The Morgan fingerprint density at radius 3 is 2.92 bits per heavy atom. The Bertz CT molecular complexity index is 248. The van der Waals surface area contributed by atoms with Crippen LogP contribution in [0.3, 0.4) is 0 Å². The van der Waals surface area contributed by atoms with Crippen LogP contribution in [0, 0.1) is 6.92 Å². The molecule has 0 aromatic heterocycles. The van der Waals surface area contributed by atoms with E-state index in [1.165, 1.54) is 11.1 Å². The van der Waals surface area contributed by atoms with Gasteiger partial charge in [0.25, 0.3) is 0 Å². The summed E-state index contributed by atoms with van der Waals surface area (Å²) in [6.07, 6.45) is 1.11. The van der Waals surface area contributed by atoms with Crippen molar-refractivity contribution >= 4 is 23.4 Å². The summed E-state index contributed by atoms with van der Waals surface area (Å²) in [4.78, 5) is 0. The number of hydrogen-bond acceptors (Lipinski definition) is 1. The van der Waals surface area contributed by atoms with Crippen LogP contribution in [0.1, 0.15) is 17.5 Å². The van der Waals surface area contributed by atoms with Crippen molar-refractivity contribution in [1.29, 1.82) is 0 Å². The van der Waals surface area contributed by atoms with Gasteiger partial charge in [-0.15, -0.1) is 11.6 Å². The number of halogens is 1. The molecule has 0 saturated carbocycles. The molecule has 1 rings (SSSR count). The lowest BCUT2D eigenvalue weighted by molar-refractivity contribution is 1.11. The third kappa shape index (κ3) is 4.58. The van der Waals surface area contributed by atoms with Crippen molar-refractivity contribution in [3.8, 4) is 0 Å². The van der Waals surface area contributed by atoms with Gasteiger partial charge in [0, 0.05) is 11.6 Å². The molecule has 13 heavy (non-hydrogen) atoms. The van der Waals surface area contributed by atoms with Crippen LogP contribution in [0.5, 0.6) is 0 Å². The normalized spacial score (nSPS) is 10.3. The van der Waals surface area contributed by atoms with Crippen LogP contribution < -0.4 is 0 Å². The molecule has 0 heterocycles. The number of benzene rings is 1. The monoisotopic (exact) mass is 214 g/mol. The first-order chi connectivity index (χ1) is 6.33. The minimum atomic E-state index is 0.779. The molecule has 0 N–H and O–H groups in total. The fourth-order valence-electron chi connectivity index (χ4n) is 1.15. The molecule has 0 radical (unpaired) electrons. The Morgan fingerprint density at radius 2 is 2.23 bits per heavy atom. The van der Waals surface area contributed by atoms with Gasteiger partial charge in [0.1, 0.15) is 0 Å². The zero-order chi connectivity index (χ0) is 9.52. The minimum absolute atomic E-state index is 0.779. The second kappa shape index (κ2) is 6.33. The lowest BCUT2D eigenvalue weighted by atomic mass is 10.2. The second-order valence-corrected chi connectivity index (χ2v) is 4.57. The number of aryl methyl sites for hydroxylation is 1. The van der Waals surface area contributed by atoms with Crippen LogP contribution in [-0.4, -0.2) is 11.6 Å². The van der Waals surface area contributed by atoms with Gasteiger partial charge in [-0.05, 0) is 24.7 Å². The summed E-state index contributed by atoms with van der Waals surface area (Å²) < 4.78 is 0. The van der Waals surface area contributed by atoms with E-state index in [1.54, 1.807) is 0 Å². The van der Waals surface area contributed by atoms with Crippen molar-refractivity contribution in [1.82, 2.24) is 0 Å². The molecule has 0 amide bonds. The predicted molar refractivity (Wildman–Crippen MR) is 62.7 cm³/mol. The maximum atomic E-state index is 5.60. The fraction of sp³-hybridized carbons (Fsp3) is 0.455. The van der Waals surface area contributed by atoms with E-state index in [-0.39, 0.29) is 0 Å². The second-order valence-electron chi connectivity index (χ2n) is 3.08. The van der Waals surface area contributed by atoms with Gasteiger partial charge in [-0.1, -0.05) is 29.8 Å². The maximum absolute atomic E-state index is 5.60. The average molecular weight is 215 g/mol. The summed E-state index contributed by atoms with van der Waals surface area (Å²) >= 11 is 7.55. The number of hydrogen-bond donors (Lipinski definition) is 0. The largest absolute Gasteiger partial charge is 0.157 e. The first kappa shape index (κ1) is 10.9. The van der Waals surface area contributed by atoms with Crippen molar-refractivity contribution in [2.45, 2.75) is 19.1 Å². The Balaban J connectivity index is 2.28. The van der Waals surface area contributed by atoms with Gasteiger partial charge >= 0.3 is 0 Å². The molecule has 0 unspecified atom stereocenters. The molecule has 0 bridgehead atoms. The van der Waals surface area contributed by atoms with E-state index in [2.05, 4.69) is 31.2 Å². The number of rotatable bonds is 5. The van der Waals surface area contributed by atoms with E-state index >= 15 is 0 Å².